The Morgan fingerprint density at radius 2 is 1.25 bits per heavy atom. The average Bonchev–Trinajstić information content (AvgIpc) is 3.47. The van der Waals surface area contributed by atoms with E-state index in [1.807, 2.05) is 67.8 Å². The third kappa shape index (κ3) is 11.2. The van der Waals surface area contributed by atoms with Crippen molar-refractivity contribution in [2.75, 3.05) is 18.4 Å². The first-order chi connectivity index (χ1) is 24.8. The van der Waals surface area contributed by atoms with Crippen molar-refractivity contribution in [3.05, 3.63) is 149 Å². The highest BCUT2D eigenvalue weighted by Gasteiger charge is 2.14. The largest absolute Gasteiger partial charge is 0.853 e. The van der Waals surface area contributed by atoms with Crippen LogP contribution in [0.25, 0.3) is 0 Å². The van der Waals surface area contributed by atoms with Crippen molar-refractivity contribution in [2.24, 2.45) is 19.1 Å². The van der Waals surface area contributed by atoms with Crippen LogP contribution in [0.1, 0.15) is 91.6 Å². The number of urea groups is 1. The van der Waals surface area contributed by atoms with Crippen molar-refractivity contribution in [1.29, 1.82) is 0 Å². The van der Waals surface area contributed by atoms with Crippen molar-refractivity contribution in [3.8, 4) is 0 Å². The van der Waals surface area contributed by atoms with Gasteiger partial charge in [-0.25, -0.2) is 13.9 Å². The molecule has 266 valence electrons. The fourth-order valence-corrected chi connectivity index (χ4v) is 6.46. The molecule has 5 rings (SSSR count). The van der Waals surface area contributed by atoms with Crippen LogP contribution in [0.4, 0.5) is 16.2 Å². The summed E-state index contributed by atoms with van der Waals surface area (Å²) >= 11 is 0. The number of nitrogens with one attached hydrogen (secondary N) is 1. The first kappa shape index (κ1) is 37.1. The fourth-order valence-electron chi connectivity index (χ4n) is 6.46. The van der Waals surface area contributed by atoms with Crippen LogP contribution in [0, 0.1) is 0 Å². The molecule has 0 aliphatic rings. The zero-order chi connectivity index (χ0) is 36.0. The molecule has 0 radical (unpaired) electrons. The van der Waals surface area contributed by atoms with Crippen molar-refractivity contribution < 1.29 is 14.5 Å². The summed E-state index contributed by atoms with van der Waals surface area (Å²) in [7, 11) is 3.69. The van der Waals surface area contributed by atoms with Crippen LogP contribution in [0.5, 0.6) is 0 Å². The second-order valence-corrected chi connectivity index (χ2v) is 13.6. The Balaban J connectivity index is 1.15. The Labute approximate surface area is 304 Å². The molecule has 0 spiro atoms. The lowest BCUT2D eigenvalue weighted by Crippen LogP contribution is -2.39. The van der Waals surface area contributed by atoms with E-state index in [0.717, 1.165) is 57.3 Å². The number of unbranched alkanes of at least 4 members (excludes halogenated alkanes) is 4. The lowest BCUT2D eigenvalue weighted by Gasteiger charge is -2.23. The number of hydrogen-bond acceptors (Lipinski definition) is 3. The summed E-state index contributed by atoms with van der Waals surface area (Å²) in [5.41, 5.74) is 8.95. The number of aromatic nitrogens is 2. The number of carbonyl (C=O) groups is 1. The number of imidazole rings is 1. The number of benzene rings is 4. The van der Waals surface area contributed by atoms with Gasteiger partial charge in [0, 0.05) is 18.8 Å². The number of aliphatic imine (C=N–C) groups is 1. The van der Waals surface area contributed by atoms with Gasteiger partial charge in [0.25, 0.3) is 5.82 Å². The first-order valence-electron chi connectivity index (χ1n) is 18.5. The molecule has 7 nitrogen and oxygen atoms in total. The van der Waals surface area contributed by atoms with Crippen LogP contribution < -0.4 is 15.0 Å². The summed E-state index contributed by atoms with van der Waals surface area (Å²) in [4.78, 5) is 19.3. The molecule has 1 N–H and O–H groups in total. The summed E-state index contributed by atoms with van der Waals surface area (Å²) in [6, 6.07) is 33.8. The summed E-state index contributed by atoms with van der Waals surface area (Å²) < 4.78 is 3.56. The molecule has 4 aromatic carbocycles. The Kier molecular flexibility index (Phi) is 13.6. The van der Waals surface area contributed by atoms with E-state index in [2.05, 4.69) is 84.8 Å². The second kappa shape index (κ2) is 18.7. The van der Waals surface area contributed by atoms with E-state index in [4.69, 9.17) is 0 Å². The highest BCUT2D eigenvalue weighted by Crippen LogP contribution is 2.20. The van der Waals surface area contributed by atoms with Crippen LogP contribution in [-0.2, 0) is 33.4 Å². The van der Waals surface area contributed by atoms with Gasteiger partial charge in [0.15, 0.2) is 0 Å². The maximum absolute atomic E-state index is 13.1. The Morgan fingerprint density at radius 3 is 1.78 bits per heavy atom. The monoisotopic (exact) mass is 683 g/mol. The summed E-state index contributed by atoms with van der Waals surface area (Å²) in [5, 5.41) is 15.8. The molecule has 5 aromatic rings. The van der Waals surface area contributed by atoms with Crippen LogP contribution in [-0.4, -0.2) is 34.5 Å². The van der Waals surface area contributed by atoms with Gasteiger partial charge in [0.2, 0.25) is 0 Å². The van der Waals surface area contributed by atoms with Gasteiger partial charge in [-0.1, -0.05) is 112 Å². The molecule has 0 fully saturated rings. The number of amides is 2. The van der Waals surface area contributed by atoms with Gasteiger partial charge < -0.3 is 15.3 Å². The zero-order valence-corrected chi connectivity index (χ0v) is 30.8. The lowest BCUT2D eigenvalue weighted by molar-refractivity contribution is -0.674. The van der Waals surface area contributed by atoms with E-state index in [9.17, 15) is 9.90 Å². The van der Waals surface area contributed by atoms with Crippen LogP contribution in [0.15, 0.2) is 114 Å². The fraction of sp³-hybridized carbons (Fsp3) is 0.341. The number of hydrogen-bond donors (Lipinski definition) is 1. The van der Waals surface area contributed by atoms with Gasteiger partial charge in [0.1, 0.15) is 12.4 Å². The van der Waals surface area contributed by atoms with Crippen molar-refractivity contribution in [1.82, 2.24) is 9.47 Å². The highest BCUT2D eigenvalue weighted by molar-refractivity contribution is 5.89. The SMILES string of the molecule is CCCCCCN(CCCC)C(=O)Nc1ccc(Cc2cccc(Cc3cccc(Cc4ccc(N=C([O-])c5n(C)cc[n+]5C)cc4)c3)c2)cc1. The highest BCUT2D eigenvalue weighted by atomic mass is 16.3. The molecule has 0 aliphatic carbocycles. The predicted octanol–water partition coefficient (Wildman–Crippen LogP) is 8.27. The van der Waals surface area contributed by atoms with E-state index in [-0.39, 0.29) is 11.9 Å². The minimum atomic E-state index is -0.259. The average molecular weight is 684 g/mol. The molecule has 0 unspecified atom stereocenters. The predicted molar refractivity (Wildman–Crippen MR) is 207 cm³/mol. The molecule has 1 heterocycles. The number of carbonyl (C=O) groups excluding carboxylic acids is 1. The Hall–Kier alpha value is -5.17. The van der Waals surface area contributed by atoms with Crippen molar-refractivity contribution >= 4 is 23.3 Å². The molecule has 0 bridgehead atoms. The molecule has 0 saturated carbocycles. The van der Waals surface area contributed by atoms with E-state index >= 15 is 0 Å². The quantitative estimate of drug-likeness (QED) is 0.0464. The van der Waals surface area contributed by atoms with Crippen molar-refractivity contribution in [2.45, 2.75) is 71.6 Å². The molecule has 0 atom stereocenters. The van der Waals surface area contributed by atoms with Crippen molar-refractivity contribution in [3.63, 3.8) is 0 Å². The van der Waals surface area contributed by atoms with Gasteiger partial charge >= 0.3 is 6.03 Å². The smallest absolute Gasteiger partial charge is 0.321 e. The molecule has 7 heteroatoms. The Morgan fingerprint density at radius 1 is 0.725 bits per heavy atom. The number of anilines is 1. The number of rotatable bonds is 17. The normalized spacial score (nSPS) is 11.5. The summed E-state index contributed by atoms with van der Waals surface area (Å²) in [5.74, 6) is 0.279. The van der Waals surface area contributed by atoms with E-state index in [1.165, 1.54) is 52.6 Å². The third-order valence-corrected chi connectivity index (χ3v) is 9.30. The maximum atomic E-state index is 13.1. The number of aryl methyl sites for hydroxylation is 2. The standard InChI is InChI=1S/C44H53N5O2/c1-5-7-9-10-26-49(25-8-6-2)44(51)46-41-23-19-35(20-24-41)30-37-14-12-16-39(32-37)33-38-15-11-13-36(31-38)29-34-17-21-40(22-18-34)45-42(50)43-47(3)27-28-48(43)4/h11-24,27-28,31-32H,5-10,25-26,29-30,33H2,1-4H3,(H-,45,46,50,51). The van der Waals surface area contributed by atoms with Gasteiger partial charge in [-0.2, -0.15) is 0 Å². The third-order valence-electron chi connectivity index (χ3n) is 9.30. The molecule has 1 aromatic heterocycles. The zero-order valence-electron chi connectivity index (χ0n) is 30.8. The van der Waals surface area contributed by atoms with Gasteiger partial charge in [0.05, 0.1) is 25.7 Å². The molecule has 2 amide bonds. The molecule has 0 saturated heterocycles. The summed E-state index contributed by atoms with van der Waals surface area (Å²) in [6.45, 7) is 5.99. The van der Waals surface area contributed by atoms with Gasteiger partial charge in [-0.3, -0.25) is 4.99 Å². The van der Waals surface area contributed by atoms with Crippen LogP contribution >= 0.6 is 0 Å². The minimum Gasteiger partial charge on any atom is -0.853 e. The van der Waals surface area contributed by atoms with Gasteiger partial charge in [-0.15, -0.1) is 0 Å². The second-order valence-electron chi connectivity index (χ2n) is 13.6. The van der Waals surface area contributed by atoms with E-state index in [0.29, 0.717) is 11.5 Å². The topological polar surface area (TPSA) is 76.6 Å². The van der Waals surface area contributed by atoms with E-state index < -0.39 is 0 Å². The van der Waals surface area contributed by atoms with Crippen LogP contribution in [0.2, 0.25) is 0 Å². The van der Waals surface area contributed by atoms with E-state index in [1.54, 1.807) is 9.13 Å². The molecular formula is C44H53N5O2. The molecule has 51 heavy (non-hydrogen) atoms. The summed E-state index contributed by atoms with van der Waals surface area (Å²) in [6.07, 6.45) is 12.9. The first-order valence-corrected chi connectivity index (χ1v) is 18.5. The maximum Gasteiger partial charge on any atom is 0.321 e. The molecule has 0 aliphatic heterocycles. The number of nitrogens with zero attached hydrogens (tertiary/aromatic N) is 4. The minimum absolute atomic E-state index is 0.000118. The van der Waals surface area contributed by atoms with Crippen LogP contribution in [0.3, 0.4) is 0 Å². The Bertz CT molecular complexity index is 1860. The lowest BCUT2D eigenvalue weighted by atomic mass is 9.97. The van der Waals surface area contributed by atoms with Gasteiger partial charge in [-0.05, 0) is 89.8 Å². The molecular weight excluding hydrogens is 631 g/mol.